The predicted molar refractivity (Wildman–Crippen MR) is 64.0 cm³/mol. The molecule has 4 N–H and O–H groups in total. The molecule has 1 aromatic heterocycles. The fourth-order valence-electron chi connectivity index (χ4n) is 1.57. The van der Waals surface area contributed by atoms with Gasteiger partial charge in [-0.1, -0.05) is 0 Å². The van der Waals surface area contributed by atoms with Gasteiger partial charge in [0.1, 0.15) is 12.2 Å². The van der Waals surface area contributed by atoms with Crippen LogP contribution in [0, 0.1) is 11.6 Å². The van der Waals surface area contributed by atoms with Crippen molar-refractivity contribution in [3.05, 3.63) is 35.9 Å². The van der Waals surface area contributed by atoms with E-state index in [1.54, 1.807) is 0 Å². The van der Waals surface area contributed by atoms with Gasteiger partial charge in [0.2, 0.25) is 0 Å². The molecule has 2 aromatic rings. The van der Waals surface area contributed by atoms with E-state index in [-0.39, 0.29) is 11.4 Å². The summed E-state index contributed by atoms with van der Waals surface area (Å²) in [6.07, 6.45) is 2.79. The highest BCUT2D eigenvalue weighted by molar-refractivity contribution is 5.66. The van der Waals surface area contributed by atoms with Crippen molar-refractivity contribution in [3.8, 4) is 0 Å². The lowest BCUT2D eigenvalue weighted by atomic mass is 10.2. The molecule has 0 fully saturated rings. The standard InChI is InChI=1S/C11H13F2N5/c12-7-3-4-8(14)11(10(7)13)15-5-1-2-9-16-6-17-18-9/h3-4,6,15H,1-2,5,14H2,(H,16,17,18). The van der Waals surface area contributed by atoms with Crippen LogP contribution in [0.3, 0.4) is 0 Å². The molecule has 0 spiro atoms. The molecule has 0 aliphatic heterocycles. The van der Waals surface area contributed by atoms with Crippen molar-refractivity contribution in [3.63, 3.8) is 0 Å². The Hall–Kier alpha value is -2.18. The van der Waals surface area contributed by atoms with Crippen molar-refractivity contribution in [2.24, 2.45) is 0 Å². The molecule has 5 nitrogen and oxygen atoms in total. The zero-order valence-electron chi connectivity index (χ0n) is 9.58. The van der Waals surface area contributed by atoms with E-state index in [2.05, 4.69) is 20.5 Å². The molecule has 0 aliphatic rings. The lowest BCUT2D eigenvalue weighted by Crippen LogP contribution is -2.08. The summed E-state index contributed by atoms with van der Waals surface area (Å²) in [6.45, 7) is 0.464. The molecular formula is C11H13F2N5. The lowest BCUT2D eigenvalue weighted by molar-refractivity contribution is 0.511. The Morgan fingerprint density at radius 3 is 2.89 bits per heavy atom. The third-order valence-electron chi connectivity index (χ3n) is 2.48. The highest BCUT2D eigenvalue weighted by Crippen LogP contribution is 2.24. The van der Waals surface area contributed by atoms with Crippen LogP contribution in [0.25, 0.3) is 0 Å². The second kappa shape index (κ2) is 5.44. The fraction of sp³-hybridized carbons (Fsp3) is 0.273. The van der Waals surface area contributed by atoms with Gasteiger partial charge in [-0.3, -0.25) is 5.10 Å². The molecule has 0 unspecified atom stereocenters. The average molecular weight is 253 g/mol. The van der Waals surface area contributed by atoms with Crippen molar-refractivity contribution < 1.29 is 8.78 Å². The minimum atomic E-state index is -0.949. The molecule has 1 aromatic carbocycles. The van der Waals surface area contributed by atoms with Crippen LogP contribution in [-0.4, -0.2) is 21.7 Å². The number of H-pyrrole nitrogens is 1. The number of rotatable bonds is 5. The van der Waals surface area contributed by atoms with Gasteiger partial charge in [0.15, 0.2) is 11.6 Å². The van der Waals surface area contributed by atoms with E-state index in [0.717, 1.165) is 11.9 Å². The van der Waals surface area contributed by atoms with Crippen LogP contribution in [0.2, 0.25) is 0 Å². The van der Waals surface area contributed by atoms with Gasteiger partial charge in [-0.25, -0.2) is 13.8 Å². The molecule has 7 heteroatoms. The van der Waals surface area contributed by atoms with Gasteiger partial charge in [0.05, 0.1) is 11.4 Å². The number of aryl methyl sites for hydroxylation is 1. The SMILES string of the molecule is Nc1ccc(F)c(F)c1NCCCc1ncn[nH]1. The zero-order valence-corrected chi connectivity index (χ0v) is 9.58. The van der Waals surface area contributed by atoms with Crippen LogP contribution in [-0.2, 0) is 6.42 Å². The van der Waals surface area contributed by atoms with Crippen molar-refractivity contribution in [2.75, 3.05) is 17.6 Å². The summed E-state index contributed by atoms with van der Waals surface area (Å²) in [7, 11) is 0. The predicted octanol–water partition coefficient (Wildman–Crippen LogP) is 1.71. The van der Waals surface area contributed by atoms with E-state index < -0.39 is 11.6 Å². The van der Waals surface area contributed by atoms with Gasteiger partial charge in [-0.2, -0.15) is 5.10 Å². The van der Waals surface area contributed by atoms with Crippen LogP contribution in [0.4, 0.5) is 20.2 Å². The Morgan fingerprint density at radius 1 is 1.33 bits per heavy atom. The Bertz CT molecular complexity index is 512. The maximum Gasteiger partial charge on any atom is 0.183 e. The summed E-state index contributed by atoms with van der Waals surface area (Å²) in [4.78, 5) is 3.96. The largest absolute Gasteiger partial charge is 0.397 e. The molecule has 96 valence electrons. The number of aromatic amines is 1. The number of nitrogens with two attached hydrogens (primary N) is 1. The van der Waals surface area contributed by atoms with Gasteiger partial charge < -0.3 is 11.1 Å². The summed E-state index contributed by atoms with van der Waals surface area (Å²) < 4.78 is 26.4. The molecule has 0 aliphatic carbocycles. The number of aromatic nitrogens is 3. The first-order chi connectivity index (χ1) is 8.68. The molecular weight excluding hydrogens is 240 g/mol. The van der Waals surface area contributed by atoms with Crippen molar-refractivity contribution in [1.29, 1.82) is 0 Å². The van der Waals surface area contributed by atoms with Crippen LogP contribution in [0.5, 0.6) is 0 Å². The first kappa shape index (κ1) is 12.3. The van der Waals surface area contributed by atoms with E-state index in [4.69, 9.17) is 5.73 Å². The molecule has 18 heavy (non-hydrogen) atoms. The summed E-state index contributed by atoms with van der Waals surface area (Å²) in [5.74, 6) is -1.11. The number of nitrogens with one attached hydrogen (secondary N) is 2. The van der Waals surface area contributed by atoms with E-state index >= 15 is 0 Å². The van der Waals surface area contributed by atoms with E-state index in [1.165, 1.54) is 12.4 Å². The molecule has 2 rings (SSSR count). The van der Waals surface area contributed by atoms with Crippen LogP contribution in [0.1, 0.15) is 12.2 Å². The molecule has 0 radical (unpaired) electrons. The molecule has 1 heterocycles. The Morgan fingerprint density at radius 2 is 2.17 bits per heavy atom. The quantitative estimate of drug-likeness (QED) is 0.560. The second-order valence-electron chi connectivity index (χ2n) is 3.79. The maximum atomic E-state index is 13.4. The van der Waals surface area contributed by atoms with Crippen molar-refractivity contribution in [1.82, 2.24) is 15.2 Å². The molecule has 0 saturated carbocycles. The summed E-state index contributed by atoms with van der Waals surface area (Å²) >= 11 is 0. The number of nitrogens with zero attached hydrogens (tertiary/aromatic N) is 2. The Kier molecular flexibility index (Phi) is 3.71. The third-order valence-corrected chi connectivity index (χ3v) is 2.48. The topological polar surface area (TPSA) is 79.6 Å². The van der Waals surface area contributed by atoms with Gasteiger partial charge in [-0.15, -0.1) is 0 Å². The molecule has 0 atom stereocenters. The number of anilines is 2. The number of hydrogen-bond donors (Lipinski definition) is 3. The highest BCUT2D eigenvalue weighted by Gasteiger charge is 2.10. The van der Waals surface area contributed by atoms with Crippen molar-refractivity contribution >= 4 is 11.4 Å². The first-order valence-corrected chi connectivity index (χ1v) is 5.50. The third kappa shape index (κ3) is 2.73. The number of benzene rings is 1. The second-order valence-corrected chi connectivity index (χ2v) is 3.79. The van der Waals surface area contributed by atoms with E-state index in [1.807, 2.05) is 0 Å². The van der Waals surface area contributed by atoms with E-state index in [0.29, 0.717) is 19.4 Å². The summed E-state index contributed by atoms with van der Waals surface area (Å²) in [5, 5.41) is 9.22. The first-order valence-electron chi connectivity index (χ1n) is 5.50. The number of hydrogen-bond acceptors (Lipinski definition) is 4. The van der Waals surface area contributed by atoms with Crippen LogP contribution >= 0.6 is 0 Å². The number of nitrogen functional groups attached to an aromatic ring is 1. The smallest absolute Gasteiger partial charge is 0.183 e. The highest BCUT2D eigenvalue weighted by atomic mass is 19.2. The minimum absolute atomic E-state index is 0.00701. The lowest BCUT2D eigenvalue weighted by Gasteiger charge is -2.10. The fourth-order valence-corrected chi connectivity index (χ4v) is 1.57. The van der Waals surface area contributed by atoms with Gasteiger partial charge in [-0.05, 0) is 18.6 Å². The normalized spacial score (nSPS) is 10.6. The molecule has 0 saturated heterocycles. The van der Waals surface area contributed by atoms with Gasteiger partial charge >= 0.3 is 0 Å². The van der Waals surface area contributed by atoms with Gasteiger partial charge in [0.25, 0.3) is 0 Å². The van der Waals surface area contributed by atoms with Gasteiger partial charge in [0, 0.05) is 13.0 Å². The average Bonchev–Trinajstić information content (AvgIpc) is 2.86. The Labute approximate surface area is 102 Å². The minimum Gasteiger partial charge on any atom is -0.397 e. The van der Waals surface area contributed by atoms with Crippen LogP contribution < -0.4 is 11.1 Å². The molecule has 0 amide bonds. The molecule has 0 bridgehead atoms. The summed E-state index contributed by atoms with van der Waals surface area (Å²) in [5.41, 5.74) is 5.76. The Balaban J connectivity index is 1.88. The van der Waals surface area contributed by atoms with Crippen molar-refractivity contribution in [2.45, 2.75) is 12.8 Å². The monoisotopic (exact) mass is 253 g/mol. The number of halogens is 2. The summed E-state index contributed by atoms with van der Waals surface area (Å²) in [6, 6.07) is 2.33. The van der Waals surface area contributed by atoms with Crippen LogP contribution in [0.15, 0.2) is 18.5 Å². The van der Waals surface area contributed by atoms with E-state index in [9.17, 15) is 8.78 Å². The maximum absolute atomic E-state index is 13.4. The zero-order chi connectivity index (χ0) is 13.0.